The second-order valence-corrected chi connectivity index (χ2v) is 10.3. The highest BCUT2D eigenvalue weighted by Crippen LogP contribution is 2.66. The molecule has 0 aromatic rings. The molecule has 1 saturated carbocycles. The van der Waals surface area contributed by atoms with Crippen LogP contribution in [0.5, 0.6) is 0 Å². The molecule has 7 atom stereocenters. The lowest BCUT2D eigenvalue weighted by molar-refractivity contribution is -0.252. The number of esters is 1. The van der Waals surface area contributed by atoms with E-state index in [1.54, 1.807) is 13.0 Å². The fraction of sp³-hybridized carbons (Fsp3) is 0.842. The predicted molar refractivity (Wildman–Crippen MR) is 101 cm³/mol. The lowest BCUT2D eigenvalue weighted by atomic mass is 9.47. The van der Waals surface area contributed by atoms with Crippen LogP contribution in [0.2, 0.25) is 0 Å². The summed E-state index contributed by atoms with van der Waals surface area (Å²) in [5.74, 6) is -1.59. The number of aliphatic hydroxyl groups excluding tert-OH is 1. The van der Waals surface area contributed by atoms with E-state index in [-0.39, 0.29) is 12.7 Å². The minimum atomic E-state index is -3.90. The molecule has 166 valence electrons. The van der Waals surface area contributed by atoms with Gasteiger partial charge in [-0.1, -0.05) is 19.9 Å². The molecule has 0 amide bonds. The van der Waals surface area contributed by atoms with Gasteiger partial charge >= 0.3 is 5.97 Å². The Morgan fingerprint density at radius 2 is 1.97 bits per heavy atom. The molecule has 0 aromatic carbocycles. The minimum Gasteiger partial charge on any atom is -0.455 e. The molecule has 3 aliphatic rings. The van der Waals surface area contributed by atoms with Crippen molar-refractivity contribution in [1.82, 2.24) is 0 Å². The minimum absolute atomic E-state index is 0.0594. The summed E-state index contributed by atoms with van der Waals surface area (Å²) >= 11 is 0. The molecular formula is C19H30O9S. The maximum absolute atomic E-state index is 13.0. The van der Waals surface area contributed by atoms with Crippen LogP contribution in [0.3, 0.4) is 0 Å². The molecule has 29 heavy (non-hydrogen) atoms. The predicted octanol–water partition coefficient (Wildman–Crippen LogP) is 0.614. The van der Waals surface area contributed by atoms with Gasteiger partial charge in [-0.2, -0.15) is 8.42 Å². The third-order valence-electron chi connectivity index (χ3n) is 6.52. The molecule has 2 fully saturated rings. The molecule has 3 rings (SSSR count). The molecular weight excluding hydrogens is 404 g/mol. The molecule has 1 N–H and O–H groups in total. The molecule has 0 spiro atoms. The van der Waals surface area contributed by atoms with Crippen LogP contribution in [0.25, 0.3) is 0 Å². The Bertz CT molecular complexity index is 790. The second kappa shape index (κ2) is 7.58. The van der Waals surface area contributed by atoms with E-state index in [9.17, 15) is 18.3 Å². The van der Waals surface area contributed by atoms with Crippen LogP contribution in [-0.2, 0) is 38.0 Å². The van der Waals surface area contributed by atoms with Crippen LogP contribution in [-0.4, -0.2) is 76.8 Å². The maximum Gasteiger partial charge on any atom is 0.312 e. The summed E-state index contributed by atoms with van der Waals surface area (Å²) in [6, 6.07) is 0. The molecule has 2 aliphatic carbocycles. The van der Waals surface area contributed by atoms with Crippen LogP contribution in [0, 0.1) is 17.3 Å². The summed E-state index contributed by atoms with van der Waals surface area (Å²) in [6.07, 6.45) is -0.882. The van der Waals surface area contributed by atoms with Crippen LogP contribution in [0.15, 0.2) is 11.6 Å². The molecule has 0 aromatic heterocycles. The smallest absolute Gasteiger partial charge is 0.312 e. The van der Waals surface area contributed by atoms with Crippen LogP contribution in [0.1, 0.15) is 27.2 Å². The van der Waals surface area contributed by atoms with Crippen molar-refractivity contribution in [1.29, 1.82) is 0 Å². The summed E-state index contributed by atoms with van der Waals surface area (Å²) < 4.78 is 51.4. The van der Waals surface area contributed by atoms with Gasteiger partial charge in [0.2, 0.25) is 0 Å². The van der Waals surface area contributed by atoms with Crippen molar-refractivity contribution in [3.05, 3.63) is 11.6 Å². The summed E-state index contributed by atoms with van der Waals surface area (Å²) in [5, 5.41) is 11.4. The fourth-order valence-electron chi connectivity index (χ4n) is 5.27. The number of aliphatic hydroxyl groups is 1. The Kier molecular flexibility index (Phi) is 5.92. The summed E-state index contributed by atoms with van der Waals surface area (Å²) in [6.45, 7) is 5.36. The fourth-order valence-corrected chi connectivity index (χ4v) is 5.91. The normalized spacial score (nSPS) is 43.1. The molecule has 0 radical (unpaired) electrons. The van der Waals surface area contributed by atoms with Gasteiger partial charge in [0.1, 0.15) is 36.8 Å². The van der Waals surface area contributed by atoms with E-state index in [1.165, 1.54) is 14.2 Å². The Morgan fingerprint density at radius 1 is 1.31 bits per heavy atom. The Hall–Kier alpha value is -1.04. The van der Waals surface area contributed by atoms with Gasteiger partial charge in [0.05, 0.1) is 12.2 Å². The van der Waals surface area contributed by atoms with Crippen LogP contribution >= 0.6 is 0 Å². The molecule has 1 aliphatic heterocycles. The Labute approximate surface area is 171 Å². The number of ether oxygens (including phenoxy) is 4. The van der Waals surface area contributed by atoms with Gasteiger partial charge in [-0.3, -0.25) is 8.98 Å². The first-order chi connectivity index (χ1) is 13.4. The van der Waals surface area contributed by atoms with Gasteiger partial charge in [-0.15, -0.1) is 0 Å². The van der Waals surface area contributed by atoms with Gasteiger partial charge in [0.25, 0.3) is 10.1 Å². The van der Waals surface area contributed by atoms with Crippen molar-refractivity contribution < 1.29 is 41.4 Å². The lowest BCUT2D eigenvalue weighted by Crippen LogP contribution is -2.70. The highest BCUT2D eigenvalue weighted by atomic mass is 32.2. The Balaban J connectivity index is 2.17. The van der Waals surface area contributed by atoms with Gasteiger partial charge in [0.15, 0.2) is 0 Å². The zero-order valence-electron chi connectivity index (χ0n) is 17.6. The quantitative estimate of drug-likeness (QED) is 0.278. The number of carbonyl (C=O) groups is 1. The number of hydrogen-bond acceptors (Lipinski definition) is 9. The standard InChI is InChI=1S/C19H30O9S/c1-10-7-12(25-5)15(26-9-24-4)13-11-8-18(2,3)19(11,27-17(13)21)16(20)14(10)28-29(6,22)23/h7,11-16,20H,8-9H2,1-6H3/b10-7-/t11-,12-,13+,14-,15+,16+,19-/m1/s1. The average molecular weight is 435 g/mol. The highest BCUT2D eigenvalue weighted by Gasteiger charge is 2.76. The lowest BCUT2D eigenvalue weighted by Gasteiger charge is -2.60. The van der Waals surface area contributed by atoms with Crippen molar-refractivity contribution >= 4 is 16.1 Å². The number of rotatable bonds is 6. The van der Waals surface area contributed by atoms with E-state index in [0.29, 0.717) is 12.0 Å². The average Bonchev–Trinajstić information content (AvgIpc) is 2.87. The third kappa shape index (κ3) is 3.53. The third-order valence-corrected chi connectivity index (χ3v) is 7.08. The molecule has 1 heterocycles. The molecule has 9 nitrogen and oxygen atoms in total. The summed E-state index contributed by atoms with van der Waals surface area (Å²) in [7, 11) is -0.961. The number of methoxy groups -OCH3 is 2. The Morgan fingerprint density at radius 3 is 2.48 bits per heavy atom. The van der Waals surface area contributed by atoms with Gasteiger partial charge in [-0.25, -0.2) is 0 Å². The van der Waals surface area contributed by atoms with Gasteiger partial charge in [-0.05, 0) is 18.9 Å². The first-order valence-electron chi connectivity index (χ1n) is 9.50. The topological polar surface area (TPSA) is 118 Å². The summed E-state index contributed by atoms with van der Waals surface area (Å²) in [5.41, 5.74) is -1.43. The molecule has 2 bridgehead atoms. The van der Waals surface area contributed by atoms with Crippen molar-refractivity contribution in [2.75, 3.05) is 27.3 Å². The number of carbonyl (C=O) groups excluding carboxylic acids is 1. The van der Waals surface area contributed by atoms with E-state index in [2.05, 4.69) is 0 Å². The largest absolute Gasteiger partial charge is 0.455 e. The second-order valence-electron chi connectivity index (χ2n) is 8.75. The SMILES string of the molecule is COCO[C@@H]1[C@H]2C(=O)O[C@]3([C@@H]2CC3(C)C)[C@@H](O)[C@H](OS(C)(=O)=O)/C(C)=C\[C@H]1OC. The first-order valence-corrected chi connectivity index (χ1v) is 11.3. The maximum atomic E-state index is 13.0. The van der Waals surface area contributed by atoms with E-state index >= 15 is 0 Å². The van der Waals surface area contributed by atoms with Gasteiger partial charge < -0.3 is 24.1 Å². The summed E-state index contributed by atoms with van der Waals surface area (Å²) in [4.78, 5) is 13.0. The van der Waals surface area contributed by atoms with E-state index in [1.807, 2.05) is 13.8 Å². The van der Waals surface area contributed by atoms with Crippen LogP contribution < -0.4 is 0 Å². The van der Waals surface area contributed by atoms with Crippen LogP contribution in [0.4, 0.5) is 0 Å². The molecule has 1 saturated heterocycles. The van der Waals surface area contributed by atoms with E-state index in [4.69, 9.17) is 23.1 Å². The monoisotopic (exact) mass is 434 g/mol. The van der Waals surface area contributed by atoms with E-state index in [0.717, 1.165) is 6.26 Å². The van der Waals surface area contributed by atoms with Crippen molar-refractivity contribution in [2.24, 2.45) is 17.3 Å². The van der Waals surface area contributed by atoms with Crippen molar-refractivity contribution in [3.8, 4) is 0 Å². The van der Waals surface area contributed by atoms with Crippen molar-refractivity contribution in [3.63, 3.8) is 0 Å². The first kappa shape index (κ1) is 22.6. The molecule has 0 unspecified atom stereocenters. The number of hydrogen-bond donors (Lipinski definition) is 1. The zero-order valence-corrected chi connectivity index (χ0v) is 18.4. The van der Waals surface area contributed by atoms with Crippen molar-refractivity contribution in [2.45, 2.75) is 57.2 Å². The van der Waals surface area contributed by atoms with Gasteiger partial charge in [0, 0.05) is 25.6 Å². The zero-order chi connectivity index (χ0) is 21.8. The molecule has 10 heteroatoms. The highest BCUT2D eigenvalue weighted by molar-refractivity contribution is 7.86. The van der Waals surface area contributed by atoms with E-state index < -0.39 is 57.4 Å².